The Bertz CT molecular complexity index is 421. The molecule has 2 aromatic carbocycles. The summed E-state index contributed by atoms with van der Waals surface area (Å²) in [6.45, 7) is 8.18. The van der Waals surface area contributed by atoms with Crippen LogP contribution in [0.4, 0.5) is 0 Å². The van der Waals surface area contributed by atoms with Crippen molar-refractivity contribution in [3.05, 3.63) is 86.0 Å². The predicted molar refractivity (Wildman–Crippen MR) is 87.4 cm³/mol. The molecule has 0 spiro atoms. The summed E-state index contributed by atoms with van der Waals surface area (Å²) in [5.74, 6) is 0.644. The molecule has 0 aromatic heterocycles. The normalized spacial score (nSPS) is 8.38. The van der Waals surface area contributed by atoms with Crippen molar-refractivity contribution in [3.8, 4) is 11.5 Å². The molecule has 0 amide bonds. The van der Waals surface area contributed by atoms with Gasteiger partial charge >= 0.3 is 0 Å². The number of benzene rings is 2. The molecule has 0 fully saturated rings. The maximum atomic E-state index is 8.63. The van der Waals surface area contributed by atoms with Crippen molar-refractivity contribution in [3.63, 3.8) is 0 Å². The van der Waals surface area contributed by atoms with E-state index >= 15 is 0 Å². The van der Waals surface area contributed by atoms with Crippen LogP contribution in [-0.2, 0) is 4.74 Å². The lowest BCUT2D eigenvalue weighted by Gasteiger charge is -1.89. The molecule has 2 N–H and O–H groups in total. The van der Waals surface area contributed by atoms with Gasteiger partial charge in [-0.3, -0.25) is 0 Å². The fourth-order valence-electron chi connectivity index (χ4n) is 1.09. The summed E-state index contributed by atoms with van der Waals surface area (Å²) in [5, 5.41) is 17.3. The van der Waals surface area contributed by atoms with Gasteiger partial charge in [-0.15, -0.1) is 13.2 Å². The van der Waals surface area contributed by atoms with Crippen molar-refractivity contribution >= 4 is 0 Å². The van der Waals surface area contributed by atoms with Gasteiger partial charge in [0.2, 0.25) is 0 Å². The van der Waals surface area contributed by atoms with Crippen molar-refractivity contribution in [1.29, 1.82) is 0 Å². The first-order valence-electron chi connectivity index (χ1n) is 6.48. The van der Waals surface area contributed by atoms with Crippen LogP contribution in [-0.4, -0.2) is 23.4 Å². The number of rotatable bonds is 4. The summed E-state index contributed by atoms with van der Waals surface area (Å²) >= 11 is 0. The third-order valence-corrected chi connectivity index (χ3v) is 1.98. The SMILES string of the molecule is C=CCOCC=C.Oc1ccccc1.Oc1ccccc1. The topological polar surface area (TPSA) is 49.7 Å². The lowest BCUT2D eigenvalue weighted by Crippen LogP contribution is -1.87. The molecule has 2 rings (SSSR count). The lowest BCUT2D eigenvalue weighted by molar-refractivity contribution is 0.194. The van der Waals surface area contributed by atoms with Crippen molar-refractivity contribution < 1.29 is 14.9 Å². The average Bonchev–Trinajstić information content (AvgIpc) is 2.51. The van der Waals surface area contributed by atoms with Crippen molar-refractivity contribution in [2.24, 2.45) is 0 Å². The zero-order valence-corrected chi connectivity index (χ0v) is 12.1. The van der Waals surface area contributed by atoms with E-state index in [1.807, 2.05) is 12.1 Å². The van der Waals surface area contributed by atoms with Crippen LogP contribution in [0.25, 0.3) is 0 Å². The molecule has 0 radical (unpaired) electrons. The van der Waals surface area contributed by atoms with Crippen molar-refractivity contribution in [2.75, 3.05) is 13.2 Å². The number of hydrogen-bond donors (Lipinski definition) is 2. The highest BCUT2D eigenvalue weighted by molar-refractivity contribution is 5.19. The predicted octanol–water partition coefficient (Wildman–Crippen LogP) is 4.16. The number of ether oxygens (including phenoxy) is 1. The Morgan fingerprint density at radius 1 is 0.714 bits per heavy atom. The summed E-state index contributed by atoms with van der Waals surface area (Å²) < 4.78 is 4.90. The van der Waals surface area contributed by atoms with Gasteiger partial charge in [-0.25, -0.2) is 0 Å². The monoisotopic (exact) mass is 286 g/mol. The molecular formula is C18H22O3. The van der Waals surface area contributed by atoms with Crippen LogP contribution in [0.1, 0.15) is 0 Å². The Balaban J connectivity index is 0.000000286. The van der Waals surface area contributed by atoms with Gasteiger partial charge in [0.1, 0.15) is 11.5 Å². The number of hydrogen-bond acceptors (Lipinski definition) is 3. The van der Waals surface area contributed by atoms with E-state index in [4.69, 9.17) is 14.9 Å². The number of phenolic OH excluding ortho intramolecular Hbond substituents is 2. The van der Waals surface area contributed by atoms with Gasteiger partial charge < -0.3 is 14.9 Å². The van der Waals surface area contributed by atoms with Crippen LogP contribution in [0, 0.1) is 0 Å². The van der Waals surface area contributed by atoms with Gasteiger partial charge in [-0.1, -0.05) is 48.6 Å². The first-order valence-corrected chi connectivity index (χ1v) is 6.48. The quantitative estimate of drug-likeness (QED) is 0.655. The lowest BCUT2D eigenvalue weighted by atomic mass is 10.3. The van der Waals surface area contributed by atoms with E-state index in [1.165, 1.54) is 0 Å². The minimum absolute atomic E-state index is 0.322. The summed E-state index contributed by atoms with van der Waals surface area (Å²) in [5.41, 5.74) is 0. The Hall–Kier alpha value is -2.52. The Morgan fingerprint density at radius 2 is 1.05 bits per heavy atom. The summed E-state index contributed by atoms with van der Waals surface area (Å²) in [4.78, 5) is 0. The maximum absolute atomic E-state index is 8.63. The molecule has 2 aromatic rings. The highest BCUT2D eigenvalue weighted by atomic mass is 16.5. The third kappa shape index (κ3) is 13.7. The molecule has 0 saturated carbocycles. The smallest absolute Gasteiger partial charge is 0.115 e. The minimum atomic E-state index is 0.322. The molecule has 0 bridgehead atoms. The van der Waals surface area contributed by atoms with Gasteiger partial charge in [-0.05, 0) is 24.3 Å². The molecule has 112 valence electrons. The number of aromatic hydroxyl groups is 2. The van der Waals surface area contributed by atoms with Crippen LogP contribution >= 0.6 is 0 Å². The highest BCUT2D eigenvalue weighted by Gasteiger charge is 1.75. The van der Waals surface area contributed by atoms with Crippen LogP contribution in [0.5, 0.6) is 11.5 Å². The van der Waals surface area contributed by atoms with Crippen molar-refractivity contribution in [1.82, 2.24) is 0 Å². The van der Waals surface area contributed by atoms with Crippen LogP contribution in [0.15, 0.2) is 86.0 Å². The second-order valence-electron chi connectivity index (χ2n) is 3.79. The first kappa shape index (κ1) is 18.5. The van der Waals surface area contributed by atoms with Gasteiger partial charge in [0.25, 0.3) is 0 Å². The molecule has 21 heavy (non-hydrogen) atoms. The molecule has 0 aliphatic heterocycles. The largest absolute Gasteiger partial charge is 0.508 e. The van der Waals surface area contributed by atoms with E-state index in [0.29, 0.717) is 24.7 Å². The highest BCUT2D eigenvalue weighted by Crippen LogP contribution is 2.03. The maximum Gasteiger partial charge on any atom is 0.115 e. The number of phenols is 2. The second kappa shape index (κ2) is 13.9. The molecule has 0 unspecified atom stereocenters. The molecule has 0 atom stereocenters. The van der Waals surface area contributed by atoms with E-state index in [0.717, 1.165) is 0 Å². The summed E-state index contributed by atoms with van der Waals surface area (Å²) in [7, 11) is 0. The Kier molecular flexibility index (Phi) is 12.2. The van der Waals surface area contributed by atoms with Crippen LogP contribution in [0.2, 0.25) is 0 Å². The minimum Gasteiger partial charge on any atom is -0.508 e. The summed E-state index contributed by atoms with van der Waals surface area (Å²) in [6.07, 6.45) is 3.42. The second-order valence-corrected chi connectivity index (χ2v) is 3.79. The van der Waals surface area contributed by atoms with Gasteiger partial charge in [0, 0.05) is 0 Å². The molecule has 3 heteroatoms. The van der Waals surface area contributed by atoms with Gasteiger partial charge in [-0.2, -0.15) is 0 Å². The van der Waals surface area contributed by atoms with E-state index in [-0.39, 0.29) is 0 Å². The van der Waals surface area contributed by atoms with E-state index in [2.05, 4.69) is 13.2 Å². The van der Waals surface area contributed by atoms with Crippen molar-refractivity contribution in [2.45, 2.75) is 0 Å². The molecular weight excluding hydrogens is 264 g/mol. The zero-order chi connectivity index (χ0) is 15.8. The van der Waals surface area contributed by atoms with E-state index in [9.17, 15) is 0 Å². The zero-order valence-electron chi connectivity index (χ0n) is 12.1. The fraction of sp³-hybridized carbons (Fsp3) is 0.111. The van der Waals surface area contributed by atoms with E-state index in [1.54, 1.807) is 60.7 Å². The summed E-state index contributed by atoms with van der Waals surface area (Å²) in [6, 6.07) is 17.4. The van der Waals surface area contributed by atoms with Gasteiger partial charge in [0.15, 0.2) is 0 Å². The molecule has 3 nitrogen and oxygen atoms in total. The fourth-order valence-corrected chi connectivity index (χ4v) is 1.09. The average molecular weight is 286 g/mol. The molecule has 0 aliphatic rings. The first-order chi connectivity index (χ1) is 10.2. The van der Waals surface area contributed by atoms with Crippen LogP contribution in [0.3, 0.4) is 0 Å². The van der Waals surface area contributed by atoms with E-state index < -0.39 is 0 Å². The standard InChI is InChI=1S/2C6H6O.C6H10O/c2*7-6-4-2-1-3-5-6;1-3-5-7-6-4-2/h2*1-5,7H;3-4H,1-2,5-6H2. The molecule has 0 saturated heterocycles. The Morgan fingerprint density at radius 3 is 1.24 bits per heavy atom. The number of para-hydroxylation sites is 2. The molecule has 0 heterocycles. The third-order valence-electron chi connectivity index (χ3n) is 1.98. The van der Waals surface area contributed by atoms with Crippen LogP contribution < -0.4 is 0 Å². The Labute approximate surface area is 126 Å². The molecule has 0 aliphatic carbocycles. The van der Waals surface area contributed by atoms with Gasteiger partial charge in [0.05, 0.1) is 13.2 Å².